The van der Waals surface area contributed by atoms with Crippen LogP contribution in [0.25, 0.3) is 0 Å². The summed E-state index contributed by atoms with van der Waals surface area (Å²) in [6.45, 7) is 2.58. The van der Waals surface area contributed by atoms with Crippen molar-refractivity contribution in [3.63, 3.8) is 0 Å². The van der Waals surface area contributed by atoms with Crippen molar-refractivity contribution in [3.8, 4) is 11.5 Å². The van der Waals surface area contributed by atoms with Crippen LogP contribution in [0.2, 0.25) is 0 Å². The molecule has 9 heteroatoms. The Balaban J connectivity index is 1.48. The van der Waals surface area contributed by atoms with Gasteiger partial charge >= 0.3 is 6.03 Å². The number of likely N-dealkylation sites (N-methyl/N-ethyl adjacent to an activating group) is 2. The summed E-state index contributed by atoms with van der Waals surface area (Å²) in [6.07, 6.45) is 6.54. The third-order valence-corrected chi connectivity index (χ3v) is 7.52. The van der Waals surface area contributed by atoms with Crippen LogP contribution in [0.1, 0.15) is 32.6 Å². The molecule has 3 N–H and O–H groups in total. The Labute approximate surface area is 237 Å². The molecule has 0 spiro atoms. The molecule has 1 saturated carbocycles. The van der Waals surface area contributed by atoms with E-state index in [0.717, 1.165) is 38.0 Å². The van der Waals surface area contributed by atoms with E-state index in [1.54, 1.807) is 18.9 Å². The highest BCUT2D eigenvalue weighted by Crippen LogP contribution is 2.37. The van der Waals surface area contributed by atoms with Crippen molar-refractivity contribution in [1.29, 1.82) is 0 Å². The number of aliphatic imine (C=N–C) groups is 1. The Kier molecular flexibility index (Phi) is 9.63. The van der Waals surface area contributed by atoms with E-state index in [4.69, 9.17) is 10.5 Å². The number of hydrogen-bond donors (Lipinski definition) is 2. The summed E-state index contributed by atoms with van der Waals surface area (Å²) in [6, 6.07) is 17.1. The van der Waals surface area contributed by atoms with Gasteiger partial charge in [0.25, 0.3) is 0 Å². The minimum Gasteiger partial charge on any atom is -0.457 e. The fourth-order valence-corrected chi connectivity index (χ4v) is 5.40. The van der Waals surface area contributed by atoms with E-state index in [0.29, 0.717) is 28.7 Å². The van der Waals surface area contributed by atoms with E-state index in [1.165, 1.54) is 0 Å². The average molecular weight is 547 g/mol. The molecule has 0 aromatic heterocycles. The van der Waals surface area contributed by atoms with Crippen molar-refractivity contribution < 1.29 is 14.6 Å². The second-order valence-electron chi connectivity index (χ2n) is 10.7. The van der Waals surface area contributed by atoms with Gasteiger partial charge in [0.2, 0.25) is 0 Å². The van der Waals surface area contributed by atoms with Gasteiger partial charge in [0, 0.05) is 31.4 Å². The van der Waals surface area contributed by atoms with Crippen molar-refractivity contribution in [2.24, 2.45) is 10.7 Å². The van der Waals surface area contributed by atoms with Crippen LogP contribution in [-0.2, 0) is 0 Å². The zero-order chi connectivity index (χ0) is 28.8. The number of rotatable bonds is 9. The third-order valence-electron chi connectivity index (χ3n) is 7.52. The van der Waals surface area contributed by atoms with Gasteiger partial charge in [-0.15, -0.1) is 0 Å². The van der Waals surface area contributed by atoms with Crippen LogP contribution < -0.4 is 15.4 Å². The molecule has 2 aromatic rings. The largest absolute Gasteiger partial charge is 0.457 e. The highest BCUT2D eigenvalue weighted by molar-refractivity contribution is 6.24. The number of ether oxygens (including phenoxy) is 1. The van der Waals surface area contributed by atoms with E-state index in [9.17, 15) is 9.90 Å². The van der Waals surface area contributed by atoms with Crippen LogP contribution in [0, 0.1) is 0 Å². The van der Waals surface area contributed by atoms with Gasteiger partial charge in [0.15, 0.2) is 5.84 Å². The molecule has 2 aromatic carbocycles. The molecule has 1 unspecified atom stereocenters. The molecule has 2 aliphatic rings. The highest BCUT2D eigenvalue weighted by atomic mass is 16.5. The number of anilines is 1. The second kappa shape index (κ2) is 13.1. The molecule has 2 fully saturated rings. The first kappa shape index (κ1) is 29.3. The van der Waals surface area contributed by atoms with Crippen LogP contribution in [0.3, 0.4) is 0 Å². The fraction of sp³-hybridized carbons (Fsp3) is 0.419. The average Bonchev–Trinajstić information content (AvgIpc) is 3.25. The normalized spacial score (nSPS) is 23.1. The molecule has 2 amide bonds. The van der Waals surface area contributed by atoms with Gasteiger partial charge in [-0.25, -0.2) is 4.79 Å². The summed E-state index contributed by atoms with van der Waals surface area (Å²) in [4.78, 5) is 26.0. The van der Waals surface area contributed by atoms with Gasteiger partial charge in [0.1, 0.15) is 23.4 Å². The van der Waals surface area contributed by atoms with Crippen molar-refractivity contribution in [2.75, 3.05) is 39.6 Å². The van der Waals surface area contributed by atoms with Crippen LogP contribution >= 0.6 is 0 Å². The molecule has 1 aliphatic heterocycles. The molecule has 214 valence electrons. The number of aliphatic hydroxyl groups excluding tert-OH is 1. The minimum absolute atomic E-state index is 0.00249. The molecule has 9 nitrogen and oxygen atoms in total. The van der Waals surface area contributed by atoms with Crippen molar-refractivity contribution in [3.05, 3.63) is 78.1 Å². The fourth-order valence-electron chi connectivity index (χ4n) is 5.40. The summed E-state index contributed by atoms with van der Waals surface area (Å²) >= 11 is 0. The highest BCUT2D eigenvalue weighted by Gasteiger charge is 2.45. The predicted octanol–water partition coefficient (Wildman–Crippen LogP) is 4.62. The lowest BCUT2D eigenvalue weighted by atomic mass is 9.89. The lowest BCUT2D eigenvalue weighted by Crippen LogP contribution is -2.47. The zero-order valence-electron chi connectivity index (χ0n) is 24.2. The Morgan fingerprint density at radius 3 is 2.27 bits per heavy atom. The number of amidine groups is 1. The molecular formula is C31H42N6O3. The summed E-state index contributed by atoms with van der Waals surface area (Å²) < 4.78 is 5.93. The molecule has 40 heavy (non-hydrogen) atoms. The lowest BCUT2D eigenvalue weighted by Gasteiger charge is -2.38. The van der Waals surface area contributed by atoms with Gasteiger partial charge in [0.05, 0.1) is 5.69 Å². The number of benzene rings is 2. The smallest absolute Gasteiger partial charge is 0.335 e. The molecule has 0 radical (unpaired) electrons. The van der Waals surface area contributed by atoms with Crippen molar-refractivity contribution in [1.82, 2.24) is 14.7 Å². The minimum atomic E-state index is -0.638. The summed E-state index contributed by atoms with van der Waals surface area (Å²) in [5, 5.41) is 10.6. The predicted molar refractivity (Wildman–Crippen MR) is 160 cm³/mol. The number of hydrogen-bond acceptors (Lipinski definition) is 7. The van der Waals surface area contributed by atoms with Gasteiger partial charge in [-0.2, -0.15) is 0 Å². The molecule has 0 bridgehead atoms. The maximum absolute atomic E-state index is 13.9. The van der Waals surface area contributed by atoms with Crippen LogP contribution in [0.5, 0.6) is 11.5 Å². The summed E-state index contributed by atoms with van der Waals surface area (Å²) in [5.41, 5.74) is 8.19. The van der Waals surface area contributed by atoms with E-state index in [2.05, 4.69) is 9.89 Å². The molecule has 4 rings (SSSR count). The monoisotopic (exact) mass is 546 g/mol. The SMILES string of the molecule is C/N=C1\C(=C(/C)N)N(c2ccc(Oc3ccccc3)cc2)C(=O)N1[C@H]1CC[C@@H](N(C)C(O)/C=C/CN(C)C)CC1. The maximum atomic E-state index is 13.9. The number of urea groups is 1. The molecule has 1 saturated heterocycles. The number of allylic oxidation sites excluding steroid dienone is 1. The zero-order valence-corrected chi connectivity index (χ0v) is 24.2. The Morgan fingerprint density at radius 2 is 1.70 bits per heavy atom. The summed E-state index contributed by atoms with van der Waals surface area (Å²) in [5.74, 6) is 2.02. The Morgan fingerprint density at radius 1 is 1.07 bits per heavy atom. The van der Waals surface area contributed by atoms with Crippen LogP contribution in [0.4, 0.5) is 10.5 Å². The number of carbonyl (C=O) groups is 1. The number of nitrogens with zero attached hydrogens (tertiary/aromatic N) is 5. The number of para-hydroxylation sites is 1. The van der Waals surface area contributed by atoms with Crippen molar-refractivity contribution >= 4 is 17.6 Å². The van der Waals surface area contributed by atoms with Gasteiger partial charge < -0.3 is 20.5 Å². The first-order chi connectivity index (χ1) is 19.2. The van der Waals surface area contributed by atoms with Crippen LogP contribution in [-0.4, -0.2) is 84.7 Å². The number of carbonyl (C=O) groups excluding carboxylic acids is 1. The van der Waals surface area contributed by atoms with Crippen molar-refractivity contribution in [2.45, 2.75) is 50.9 Å². The standard InChI is InChI=1S/C31H42N6O3/c1-22(32)29-30(33-2)37(25-15-13-23(14-16-25)35(5)28(38)12-9-21-34(3)4)31(39)36(29)24-17-19-27(20-18-24)40-26-10-7-6-8-11-26/h6-12,17-20,23,25,28,38H,13-16,21,32H2,1-5H3/b12-9+,29-22-,33-30+/t23-,25+,28?. The lowest BCUT2D eigenvalue weighted by molar-refractivity contribution is 0.0131. The maximum Gasteiger partial charge on any atom is 0.335 e. The molecule has 1 heterocycles. The van der Waals surface area contributed by atoms with E-state index in [-0.39, 0.29) is 18.1 Å². The molecular weight excluding hydrogens is 504 g/mol. The Hall–Kier alpha value is -3.66. The number of amides is 2. The molecule has 1 aliphatic carbocycles. The third kappa shape index (κ3) is 6.55. The first-order valence-corrected chi connectivity index (χ1v) is 13.8. The molecule has 1 atom stereocenters. The Bertz CT molecular complexity index is 1230. The second-order valence-corrected chi connectivity index (χ2v) is 10.7. The van der Waals surface area contributed by atoms with Gasteiger partial charge in [-0.1, -0.05) is 24.3 Å². The van der Waals surface area contributed by atoms with E-state index >= 15 is 0 Å². The number of aliphatic hydroxyl groups is 1. The topological polar surface area (TPSA) is 97.9 Å². The first-order valence-electron chi connectivity index (χ1n) is 13.8. The number of nitrogens with two attached hydrogens (primary N) is 1. The van der Waals surface area contributed by atoms with Gasteiger partial charge in [-0.05, 0) is 96.2 Å². The quantitative estimate of drug-likeness (QED) is 0.352. The van der Waals surface area contributed by atoms with Crippen LogP contribution in [0.15, 0.2) is 83.1 Å². The summed E-state index contributed by atoms with van der Waals surface area (Å²) in [7, 11) is 7.66. The van der Waals surface area contributed by atoms with E-state index < -0.39 is 6.23 Å². The van der Waals surface area contributed by atoms with E-state index in [1.807, 2.05) is 97.7 Å². The van der Waals surface area contributed by atoms with Gasteiger partial charge in [-0.3, -0.25) is 19.7 Å².